The van der Waals surface area contributed by atoms with E-state index in [9.17, 15) is 10.1 Å². The molecule has 7 heteroatoms. The predicted octanol–water partition coefficient (Wildman–Crippen LogP) is 7.61. The first-order valence-corrected chi connectivity index (χ1v) is 11.6. The summed E-state index contributed by atoms with van der Waals surface area (Å²) in [7, 11) is 0. The topological polar surface area (TPSA) is 62.1 Å². The van der Waals surface area contributed by atoms with E-state index in [1.807, 2.05) is 56.3 Å². The lowest BCUT2D eigenvalue weighted by Crippen LogP contribution is -2.14. The van der Waals surface area contributed by atoms with Gasteiger partial charge in [-0.15, -0.1) is 0 Å². The number of carbonyl (C=O) groups excluding carboxylic acids is 1. The minimum atomic E-state index is -0.487. The van der Waals surface area contributed by atoms with Crippen LogP contribution < -0.4 is 10.1 Å². The van der Waals surface area contributed by atoms with Crippen molar-refractivity contribution in [1.29, 1.82) is 5.26 Å². The zero-order chi connectivity index (χ0) is 23.3. The highest BCUT2D eigenvalue weighted by Gasteiger charge is 2.15. The molecule has 4 nitrogen and oxygen atoms in total. The number of hydrogen-bond acceptors (Lipinski definition) is 3. The van der Waals surface area contributed by atoms with Gasteiger partial charge in [-0.2, -0.15) is 5.26 Å². The highest BCUT2D eigenvalue weighted by molar-refractivity contribution is 9.11. The molecule has 0 radical (unpaired) electrons. The van der Waals surface area contributed by atoms with Crippen molar-refractivity contribution in [2.24, 2.45) is 0 Å². The molecule has 162 valence electrons. The molecule has 0 saturated carbocycles. The molecule has 0 unspecified atom stereocenters. The number of nitriles is 1. The molecule has 1 amide bonds. The average Bonchev–Trinajstić information content (AvgIpc) is 2.74. The number of rotatable bonds is 6. The zero-order valence-corrected chi connectivity index (χ0v) is 21.3. The van der Waals surface area contributed by atoms with Crippen LogP contribution in [0, 0.1) is 25.2 Å². The summed E-state index contributed by atoms with van der Waals surface area (Å²) in [5.41, 5.74) is 4.17. The number of anilines is 1. The van der Waals surface area contributed by atoms with Gasteiger partial charge in [0.1, 0.15) is 24.0 Å². The molecular formula is C25H19Br2ClN2O2. The lowest BCUT2D eigenvalue weighted by molar-refractivity contribution is -0.112. The van der Waals surface area contributed by atoms with Crippen LogP contribution in [0.2, 0.25) is 5.02 Å². The quantitative estimate of drug-likeness (QED) is 0.244. The van der Waals surface area contributed by atoms with Crippen LogP contribution >= 0.6 is 43.5 Å². The third-order valence-corrected chi connectivity index (χ3v) is 5.93. The maximum Gasteiger partial charge on any atom is 0.266 e. The largest absolute Gasteiger partial charge is 0.487 e. The molecule has 32 heavy (non-hydrogen) atoms. The van der Waals surface area contributed by atoms with E-state index < -0.39 is 5.91 Å². The van der Waals surface area contributed by atoms with Crippen LogP contribution in [0.15, 0.2) is 69.1 Å². The van der Waals surface area contributed by atoms with Crippen LogP contribution in [-0.4, -0.2) is 5.91 Å². The Balaban J connectivity index is 1.89. The Morgan fingerprint density at radius 3 is 2.50 bits per heavy atom. The van der Waals surface area contributed by atoms with Gasteiger partial charge < -0.3 is 10.1 Å². The molecule has 3 rings (SSSR count). The summed E-state index contributed by atoms with van der Waals surface area (Å²) in [6, 6.07) is 18.7. The molecule has 0 spiro atoms. The monoisotopic (exact) mass is 572 g/mol. The lowest BCUT2D eigenvalue weighted by atomic mass is 10.1. The van der Waals surface area contributed by atoms with E-state index in [1.54, 1.807) is 18.2 Å². The normalized spacial score (nSPS) is 11.1. The molecule has 0 aliphatic carbocycles. The van der Waals surface area contributed by atoms with E-state index in [4.69, 9.17) is 16.3 Å². The second kappa shape index (κ2) is 10.8. The average molecular weight is 575 g/mol. The highest BCUT2D eigenvalue weighted by Crippen LogP contribution is 2.35. The summed E-state index contributed by atoms with van der Waals surface area (Å²) in [4.78, 5) is 12.8. The molecule has 0 saturated heterocycles. The van der Waals surface area contributed by atoms with E-state index in [-0.39, 0.29) is 5.57 Å². The zero-order valence-electron chi connectivity index (χ0n) is 17.4. The number of ether oxygens (including phenoxy) is 1. The maximum atomic E-state index is 12.8. The Kier molecular flexibility index (Phi) is 8.14. The van der Waals surface area contributed by atoms with E-state index in [0.717, 1.165) is 21.2 Å². The van der Waals surface area contributed by atoms with Gasteiger partial charge in [-0.1, -0.05) is 57.4 Å². The van der Waals surface area contributed by atoms with Crippen LogP contribution in [-0.2, 0) is 11.4 Å². The van der Waals surface area contributed by atoms with Gasteiger partial charge in [0.05, 0.1) is 4.47 Å². The van der Waals surface area contributed by atoms with Crippen molar-refractivity contribution in [2.75, 3.05) is 5.32 Å². The highest BCUT2D eigenvalue weighted by atomic mass is 79.9. The lowest BCUT2D eigenvalue weighted by Gasteiger charge is -2.13. The van der Waals surface area contributed by atoms with Crippen LogP contribution in [0.1, 0.15) is 22.3 Å². The first-order chi connectivity index (χ1) is 15.3. The third kappa shape index (κ3) is 6.23. The van der Waals surface area contributed by atoms with E-state index in [0.29, 0.717) is 33.1 Å². The van der Waals surface area contributed by atoms with Crippen LogP contribution in [0.5, 0.6) is 5.75 Å². The number of aryl methyl sites for hydroxylation is 2. The van der Waals surface area contributed by atoms with Gasteiger partial charge >= 0.3 is 0 Å². The van der Waals surface area contributed by atoms with Gasteiger partial charge in [0.2, 0.25) is 0 Å². The molecule has 3 aromatic carbocycles. The van der Waals surface area contributed by atoms with Gasteiger partial charge in [0.25, 0.3) is 5.91 Å². The minimum absolute atomic E-state index is 0.0358. The van der Waals surface area contributed by atoms with Gasteiger partial charge in [-0.25, -0.2) is 0 Å². The Morgan fingerprint density at radius 2 is 1.84 bits per heavy atom. The molecule has 0 atom stereocenters. The molecule has 3 aromatic rings. The van der Waals surface area contributed by atoms with Gasteiger partial charge in [-0.3, -0.25) is 4.79 Å². The van der Waals surface area contributed by atoms with Crippen molar-refractivity contribution in [3.8, 4) is 11.8 Å². The summed E-state index contributed by atoms with van der Waals surface area (Å²) in [6.07, 6.45) is 1.52. The molecule has 0 aliphatic heterocycles. The molecule has 0 aliphatic rings. The van der Waals surface area contributed by atoms with E-state index in [1.165, 1.54) is 6.08 Å². The minimum Gasteiger partial charge on any atom is -0.487 e. The summed E-state index contributed by atoms with van der Waals surface area (Å²) in [5.74, 6) is 0.0365. The number of carbonyl (C=O) groups is 1. The number of amides is 1. The number of benzene rings is 3. The van der Waals surface area contributed by atoms with Crippen LogP contribution in [0.4, 0.5) is 5.69 Å². The molecule has 0 aromatic heterocycles. The Morgan fingerprint density at radius 1 is 1.12 bits per heavy atom. The first-order valence-electron chi connectivity index (χ1n) is 9.63. The van der Waals surface area contributed by atoms with Crippen molar-refractivity contribution in [1.82, 2.24) is 0 Å². The number of halogens is 3. The Hall–Kier alpha value is -2.59. The molecule has 0 heterocycles. The van der Waals surface area contributed by atoms with Gasteiger partial charge in [-0.05, 0) is 77.3 Å². The Bertz CT molecular complexity index is 1230. The smallest absolute Gasteiger partial charge is 0.266 e. The molecule has 0 fully saturated rings. The fourth-order valence-electron chi connectivity index (χ4n) is 3.02. The van der Waals surface area contributed by atoms with Crippen molar-refractivity contribution < 1.29 is 9.53 Å². The van der Waals surface area contributed by atoms with Crippen molar-refractivity contribution in [3.05, 3.63) is 96.4 Å². The summed E-state index contributed by atoms with van der Waals surface area (Å²) >= 11 is 12.9. The van der Waals surface area contributed by atoms with Crippen molar-refractivity contribution in [2.45, 2.75) is 20.5 Å². The van der Waals surface area contributed by atoms with Gasteiger partial charge in [0, 0.05) is 20.7 Å². The first kappa shape index (κ1) is 24.1. The van der Waals surface area contributed by atoms with Crippen LogP contribution in [0.3, 0.4) is 0 Å². The third-order valence-electron chi connectivity index (χ3n) is 4.63. The second-order valence-corrected chi connectivity index (χ2v) is 9.37. The summed E-state index contributed by atoms with van der Waals surface area (Å²) in [6.45, 7) is 4.19. The predicted molar refractivity (Wildman–Crippen MR) is 136 cm³/mol. The van der Waals surface area contributed by atoms with Crippen molar-refractivity contribution in [3.63, 3.8) is 0 Å². The number of hydrogen-bond donors (Lipinski definition) is 1. The number of nitrogens with one attached hydrogen (secondary N) is 1. The van der Waals surface area contributed by atoms with Crippen molar-refractivity contribution >= 4 is 61.1 Å². The number of nitrogens with zero attached hydrogens (tertiary/aromatic N) is 1. The Labute approximate surface area is 209 Å². The molecule has 0 bridgehead atoms. The maximum absolute atomic E-state index is 12.8. The second-order valence-electron chi connectivity index (χ2n) is 7.16. The van der Waals surface area contributed by atoms with Gasteiger partial charge in [0.15, 0.2) is 0 Å². The fraction of sp³-hybridized carbons (Fsp3) is 0.120. The van der Waals surface area contributed by atoms with Crippen LogP contribution in [0.25, 0.3) is 6.08 Å². The van der Waals surface area contributed by atoms with E-state index in [2.05, 4.69) is 37.2 Å². The van der Waals surface area contributed by atoms with E-state index >= 15 is 0 Å². The summed E-state index contributed by atoms with van der Waals surface area (Å²) < 4.78 is 7.50. The molecular weight excluding hydrogens is 556 g/mol. The standard InChI is InChI=1S/C25H19Br2ClN2O2/c1-15-3-8-23(16(2)9-15)30-25(31)19(13-29)10-18-11-20(26)12-22(27)24(18)32-14-17-4-6-21(28)7-5-17/h3-12H,14H2,1-2H3,(H,30,31)/b19-10+. The summed E-state index contributed by atoms with van der Waals surface area (Å²) in [5, 5.41) is 13.1. The SMILES string of the molecule is Cc1ccc(NC(=O)/C(C#N)=C/c2cc(Br)cc(Br)c2OCc2ccc(Cl)cc2)c(C)c1. The fourth-order valence-corrected chi connectivity index (χ4v) is 4.52. The molecule has 1 N–H and O–H groups in total.